The number of phenolic OH excluding ortho intramolecular Hbond substituents is 1. The van der Waals surface area contributed by atoms with Crippen molar-refractivity contribution in [1.29, 1.82) is 0 Å². The lowest BCUT2D eigenvalue weighted by molar-refractivity contribution is 0.444. The number of benzene rings is 2. The smallest absolute Gasteiger partial charge is 0.128 e. The molecule has 0 amide bonds. The van der Waals surface area contributed by atoms with Gasteiger partial charge in [-0.1, -0.05) is 47.6 Å². The van der Waals surface area contributed by atoms with Crippen LogP contribution in [0.4, 0.5) is 11.4 Å². The van der Waals surface area contributed by atoms with Crippen molar-refractivity contribution in [3.8, 4) is 5.75 Å². The molecule has 3 nitrogen and oxygen atoms in total. The van der Waals surface area contributed by atoms with Crippen LogP contribution in [0.3, 0.4) is 0 Å². The number of aromatic hydroxyl groups is 1. The SMILES string of the molecule is CN(C)c1ccc(N=Cc2cc(C(C)(C)C)cc(C(C)(C)C)c2O)cc1. The van der Waals surface area contributed by atoms with Crippen molar-refractivity contribution in [2.24, 2.45) is 4.99 Å². The fourth-order valence-electron chi connectivity index (χ4n) is 2.74. The summed E-state index contributed by atoms with van der Waals surface area (Å²) in [5.74, 6) is 0.319. The molecule has 2 aromatic rings. The summed E-state index contributed by atoms with van der Waals surface area (Å²) >= 11 is 0. The van der Waals surface area contributed by atoms with Gasteiger partial charge in [-0.05, 0) is 46.7 Å². The number of hydrogen-bond donors (Lipinski definition) is 1. The minimum atomic E-state index is -0.138. The molecule has 0 saturated heterocycles. The van der Waals surface area contributed by atoms with Crippen molar-refractivity contribution in [3.63, 3.8) is 0 Å². The maximum atomic E-state index is 10.8. The van der Waals surface area contributed by atoms with Crippen molar-refractivity contribution >= 4 is 17.6 Å². The molecule has 0 atom stereocenters. The van der Waals surface area contributed by atoms with Crippen molar-refractivity contribution in [2.45, 2.75) is 52.4 Å². The summed E-state index contributed by atoms with van der Waals surface area (Å²) in [4.78, 5) is 6.64. The first-order chi connectivity index (χ1) is 11.9. The molecule has 0 bridgehead atoms. The van der Waals surface area contributed by atoms with Gasteiger partial charge in [-0.2, -0.15) is 0 Å². The zero-order chi connectivity index (χ0) is 19.7. The fourth-order valence-corrected chi connectivity index (χ4v) is 2.74. The normalized spacial score (nSPS) is 12.6. The van der Waals surface area contributed by atoms with Gasteiger partial charge >= 0.3 is 0 Å². The van der Waals surface area contributed by atoms with E-state index in [1.54, 1.807) is 6.21 Å². The molecule has 2 aromatic carbocycles. The first-order valence-corrected chi connectivity index (χ1v) is 9.09. The number of nitrogens with zero attached hydrogens (tertiary/aromatic N) is 2. The second-order valence-electron chi connectivity index (χ2n) is 9.13. The Bertz CT molecular complexity index is 789. The number of aliphatic imine (C=N–C) groups is 1. The molecular formula is C23H32N2O. The number of anilines is 1. The van der Waals surface area contributed by atoms with E-state index >= 15 is 0 Å². The predicted octanol–water partition coefficient (Wildman–Crippen LogP) is 5.80. The zero-order valence-corrected chi connectivity index (χ0v) is 17.4. The van der Waals surface area contributed by atoms with E-state index in [0.29, 0.717) is 5.75 Å². The van der Waals surface area contributed by atoms with Crippen LogP contribution in [0.5, 0.6) is 5.75 Å². The van der Waals surface area contributed by atoms with E-state index in [-0.39, 0.29) is 10.8 Å². The third kappa shape index (κ3) is 4.66. The molecule has 0 saturated carbocycles. The lowest BCUT2D eigenvalue weighted by Crippen LogP contribution is -2.17. The van der Waals surface area contributed by atoms with E-state index in [4.69, 9.17) is 0 Å². The third-order valence-corrected chi connectivity index (χ3v) is 4.53. The lowest BCUT2D eigenvalue weighted by Gasteiger charge is -2.26. The molecule has 0 heterocycles. The van der Waals surface area contributed by atoms with Gasteiger partial charge in [-0.3, -0.25) is 4.99 Å². The highest BCUT2D eigenvalue weighted by atomic mass is 16.3. The third-order valence-electron chi connectivity index (χ3n) is 4.53. The van der Waals surface area contributed by atoms with Crippen molar-refractivity contribution in [2.75, 3.05) is 19.0 Å². The van der Waals surface area contributed by atoms with E-state index in [2.05, 4.69) is 57.5 Å². The van der Waals surface area contributed by atoms with Gasteiger partial charge in [-0.25, -0.2) is 0 Å². The molecule has 140 valence electrons. The van der Waals surface area contributed by atoms with Gasteiger partial charge in [0, 0.05) is 37.1 Å². The summed E-state index contributed by atoms with van der Waals surface area (Å²) in [7, 11) is 4.03. The molecule has 0 aliphatic carbocycles. The van der Waals surface area contributed by atoms with Crippen LogP contribution in [0, 0.1) is 0 Å². The van der Waals surface area contributed by atoms with Crippen LogP contribution >= 0.6 is 0 Å². The summed E-state index contributed by atoms with van der Waals surface area (Å²) in [6, 6.07) is 12.2. The molecule has 2 rings (SSSR count). The van der Waals surface area contributed by atoms with Crippen LogP contribution in [-0.4, -0.2) is 25.4 Å². The Labute approximate surface area is 158 Å². The monoisotopic (exact) mass is 352 g/mol. The molecule has 0 radical (unpaired) electrons. The van der Waals surface area contributed by atoms with Crippen LogP contribution in [0.1, 0.15) is 58.2 Å². The summed E-state index contributed by atoms with van der Waals surface area (Å²) in [5.41, 5.74) is 4.79. The fraction of sp³-hybridized carbons (Fsp3) is 0.435. The van der Waals surface area contributed by atoms with Gasteiger partial charge in [0.2, 0.25) is 0 Å². The van der Waals surface area contributed by atoms with Gasteiger partial charge in [0.1, 0.15) is 5.75 Å². The van der Waals surface area contributed by atoms with Gasteiger partial charge in [0.15, 0.2) is 0 Å². The van der Waals surface area contributed by atoms with E-state index in [1.807, 2.05) is 44.4 Å². The minimum absolute atomic E-state index is 0.00362. The highest BCUT2D eigenvalue weighted by Crippen LogP contribution is 2.37. The summed E-state index contributed by atoms with van der Waals surface area (Å²) in [6.07, 6.45) is 1.77. The van der Waals surface area contributed by atoms with Gasteiger partial charge in [0.05, 0.1) is 5.69 Å². The predicted molar refractivity (Wildman–Crippen MR) is 114 cm³/mol. The summed E-state index contributed by atoms with van der Waals surface area (Å²) < 4.78 is 0. The molecular weight excluding hydrogens is 320 g/mol. The van der Waals surface area contributed by atoms with Crippen molar-refractivity contribution < 1.29 is 5.11 Å². The van der Waals surface area contributed by atoms with Crippen LogP contribution in [0.25, 0.3) is 0 Å². The topological polar surface area (TPSA) is 35.8 Å². The molecule has 0 aliphatic rings. The Balaban J connectivity index is 2.47. The van der Waals surface area contributed by atoms with Gasteiger partial charge in [-0.15, -0.1) is 0 Å². The van der Waals surface area contributed by atoms with Crippen LogP contribution < -0.4 is 4.90 Å². The Morgan fingerprint density at radius 1 is 0.885 bits per heavy atom. The van der Waals surface area contributed by atoms with Crippen molar-refractivity contribution in [3.05, 3.63) is 53.1 Å². The molecule has 0 spiro atoms. The van der Waals surface area contributed by atoms with Gasteiger partial charge < -0.3 is 10.0 Å². The quantitative estimate of drug-likeness (QED) is 0.708. The largest absolute Gasteiger partial charge is 0.507 e. The molecule has 0 aliphatic heterocycles. The highest BCUT2D eigenvalue weighted by Gasteiger charge is 2.24. The number of hydrogen-bond acceptors (Lipinski definition) is 3. The zero-order valence-electron chi connectivity index (χ0n) is 17.4. The maximum absolute atomic E-state index is 10.8. The lowest BCUT2D eigenvalue weighted by atomic mass is 9.79. The van der Waals surface area contributed by atoms with E-state index in [9.17, 15) is 5.11 Å². The molecule has 1 N–H and O–H groups in total. The summed E-state index contributed by atoms with van der Waals surface area (Å²) in [6.45, 7) is 12.9. The van der Waals surface area contributed by atoms with Crippen LogP contribution in [0.15, 0.2) is 41.4 Å². The summed E-state index contributed by atoms with van der Waals surface area (Å²) in [5, 5.41) is 10.8. The van der Waals surface area contributed by atoms with Crippen molar-refractivity contribution in [1.82, 2.24) is 0 Å². The number of rotatable bonds is 3. The molecule has 3 heteroatoms. The van der Waals surface area contributed by atoms with Crippen LogP contribution in [0.2, 0.25) is 0 Å². The Morgan fingerprint density at radius 2 is 1.46 bits per heavy atom. The Hall–Kier alpha value is -2.29. The molecule has 0 unspecified atom stereocenters. The first kappa shape index (κ1) is 20.0. The van der Waals surface area contributed by atoms with E-state index in [1.165, 1.54) is 5.56 Å². The van der Waals surface area contributed by atoms with E-state index < -0.39 is 0 Å². The average molecular weight is 353 g/mol. The average Bonchev–Trinajstić information content (AvgIpc) is 2.52. The standard InChI is InChI=1S/C23H32N2O/c1-22(2,3)17-13-16(21(26)20(14-17)23(4,5)6)15-24-18-9-11-19(12-10-18)25(7)8/h9-15,26H,1-8H3. The van der Waals surface area contributed by atoms with Gasteiger partial charge in [0.25, 0.3) is 0 Å². The molecule has 26 heavy (non-hydrogen) atoms. The Kier molecular flexibility index (Phi) is 5.50. The minimum Gasteiger partial charge on any atom is -0.507 e. The molecule has 0 fully saturated rings. The molecule has 0 aromatic heterocycles. The Morgan fingerprint density at radius 3 is 1.92 bits per heavy atom. The highest BCUT2D eigenvalue weighted by molar-refractivity contribution is 5.86. The maximum Gasteiger partial charge on any atom is 0.128 e. The van der Waals surface area contributed by atoms with Crippen LogP contribution in [-0.2, 0) is 10.8 Å². The first-order valence-electron chi connectivity index (χ1n) is 9.09. The second-order valence-corrected chi connectivity index (χ2v) is 9.13. The van der Waals surface area contributed by atoms with E-state index in [0.717, 1.165) is 22.5 Å². The number of phenols is 1. The second kappa shape index (κ2) is 7.14.